The number of hydrogen-bond donors (Lipinski definition) is 3. The molecule has 0 aromatic carbocycles. The van der Waals surface area contributed by atoms with Gasteiger partial charge in [0.05, 0.1) is 47.2 Å². The molecule has 194 valence electrons. The molecule has 2 aliphatic rings. The number of fused-ring (bicyclic) bond motifs is 2. The van der Waals surface area contributed by atoms with Crippen molar-refractivity contribution in [3.8, 4) is 28.5 Å². The summed E-state index contributed by atoms with van der Waals surface area (Å²) in [6.07, 6.45) is 11.3. The van der Waals surface area contributed by atoms with Gasteiger partial charge in [-0.2, -0.15) is 5.10 Å². The highest BCUT2D eigenvalue weighted by Gasteiger charge is 2.21. The SMILES string of the molecule is CN1CCN(c2cncc3[nH]c(-c4n[nH]c5cnc(-c6cncc(OC7CCNCC7)c6)cc45)nc23)CC1. The van der Waals surface area contributed by atoms with E-state index in [1.165, 1.54) is 0 Å². The van der Waals surface area contributed by atoms with E-state index < -0.39 is 0 Å². The minimum atomic E-state index is 0.211. The van der Waals surface area contributed by atoms with E-state index in [-0.39, 0.29) is 6.10 Å². The van der Waals surface area contributed by atoms with Crippen LogP contribution in [-0.2, 0) is 0 Å². The van der Waals surface area contributed by atoms with E-state index >= 15 is 0 Å². The van der Waals surface area contributed by atoms with Crippen molar-refractivity contribution in [2.75, 3.05) is 51.2 Å². The number of pyridine rings is 3. The molecule has 0 atom stereocenters. The summed E-state index contributed by atoms with van der Waals surface area (Å²) in [5.74, 6) is 1.47. The zero-order valence-electron chi connectivity index (χ0n) is 21.3. The molecule has 2 saturated heterocycles. The molecular weight excluding hydrogens is 480 g/mol. The number of imidazole rings is 1. The minimum absolute atomic E-state index is 0.211. The van der Waals surface area contributed by atoms with Crippen LogP contribution < -0.4 is 15.0 Å². The van der Waals surface area contributed by atoms with Gasteiger partial charge in [-0.1, -0.05) is 0 Å². The molecule has 11 heteroatoms. The van der Waals surface area contributed by atoms with Crippen molar-refractivity contribution in [2.45, 2.75) is 18.9 Å². The van der Waals surface area contributed by atoms with E-state index in [0.29, 0.717) is 5.82 Å². The lowest BCUT2D eigenvalue weighted by atomic mass is 10.1. The zero-order chi connectivity index (χ0) is 25.5. The summed E-state index contributed by atoms with van der Waals surface area (Å²) in [6.45, 7) is 5.91. The molecule has 0 spiro atoms. The van der Waals surface area contributed by atoms with Crippen molar-refractivity contribution >= 4 is 27.6 Å². The van der Waals surface area contributed by atoms with Crippen molar-refractivity contribution in [1.29, 1.82) is 0 Å². The Hall–Kier alpha value is -4.09. The average Bonchev–Trinajstić information content (AvgIpc) is 3.58. The van der Waals surface area contributed by atoms with Crippen LogP contribution in [0.3, 0.4) is 0 Å². The van der Waals surface area contributed by atoms with Gasteiger partial charge in [0.1, 0.15) is 23.1 Å². The quantitative estimate of drug-likeness (QED) is 0.327. The number of H-pyrrole nitrogens is 2. The van der Waals surface area contributed by atoms with Crippen molar-refractivity contribution in [2.24, 2.45) is 0 Å². The lowest BCUT2D eigenvalue weighted by Crippen LogP contribution is -2.44. The Morgan fingerprint density at radius 3 is 2.63 bits per heavy atom. The van der Waals surface area contributed by atoms with Gasteiger partial charge in [0.25, 0.3) is 0 Å². The first-order valence-electron chi connectivity index (χ1n) is 13.2. The maximum Gasteiger partial charge on any atom is 0.159 e. The fourth-order valence-electron chi connectivity index (χ4n) is 5.29. The molecule has 3 N–H and O–H groups in total. The first-order valence-corrected chi connectivity index (χ1v) is 13.2. The van der Waals surface area contributed by atoms with Crippen LogP contribution in [-0.4, -0.2) is 92.4 Å². The number of piperazine rings is 1. The molecule has 0 bridgehead atoms. The lowest BCUT2D eigenvalue weighted by Gasteiger charge is -2.33. The summed E-state index contributed by atoms with van der Waals surface area (Å²) < 4.78 is 6.21. The lowest BCUT2D eigenvalue weighted by molar-refractivity contribution is 0.162. The Morgan fingerprint density at radius 1 is 0.921 bits per heavy atom. The maximum absolute atomic E-state index is 6.21. The van der Waals surface area contributed by atoms with Crippen LogP contribution in [0.25, 0.3) is 44.7 Å². The van der Waals surface area contributed by atoms with Gasteiger partial charge in [0.15, 0.2) is 5.82 Å². The third-order valence-electron chi connectivity index (χ3n) is 7.49. The number of anilines is 1. The molecule has 0 radical (unpaired) electrons. The normalized spacial score (nSPS) is 17.4. The first kappa shape index (κ1) is 23.1. The van der Waals surface area contributed by atoms with Gasteiger partial charge in [-0.3, -0.25) is 20.1 Å². The predicted octanol–water partition coefficient (Wildman–Crippen LogP) is 2.84. The van der Waals surface area contributed by atoms with E-state index in [9.17, 15) is 0 Å². The van der Waals surface area contributed by atoms with Crippen molar-refractivity contribution in [3.63, 3.8) is 0 Å². The summed E-state index contributed by atoms with van der Waals surface area (Å²) >= 11 is 0. The molecule has 0 unspecified atom stereocenters. The summed E-state index contributed by atoms with van der Waals surface area (Å²) in [5.41, 5.74) is 6.16. The molecule has 7 rings (SSSR count). The highest BCUT2D eigenvalue weighted by atomic mass is 16.5. The van der Waals surface area contributed by atoms with E-state index in [2.05, 4.69) is 52.3 Å². The number of likely N-dealkylation sites (N-methyl/N-ethyl adjacent to an activating group) is 1. The molecule has 7 heterocycles. The second-order valence-corrected chi connectivity index (χ2v) is 10.1. The smallest absolute Gasteiger partial charge is 0.159 e. The number of piperidine rings is 1. The Balaban J connectivity index is 1.22. The number of ether oxygens (including phenoxy) is 1. The van der Waals surface area contributed by atoms with E-state index in [1.807, 2.05) is 30.7 Å². The van der Waals surface area contributed by atoms with Gasteiger partial charge in [0, 0.05) is 43.3 Å². The van der Waals surface area contributed by atoms with Crippen molar-refractivity contribution in [3.05, 3.63) is 43.1 Å². The highest BCUT2D eigenvalue weighted by Crippen LogP contribution is 2.32. The van der Waals surface area contributed by atoms with Gasteiger partial charge >= 0.3 is 0 Å². The summed E-state index contributed by atoms with van der Waals surface area (Å²) in [7, 11) is 2.16. The van der Waals surface area contributed by atoms with E-state index in [1.54, 1.807) is 12.4 Å². The van der Waals surface area contributed by atoms with Crippen molar-refractivity contribution in [1.82, 2.24) is 45.3 Å². The van der Waals surface area contributed by atoms with Crippen LogP contribution >= 0.6 is 0 Å². The number of nitrogens with one attached hydrogen (secondary N) is 3. The summed E-state index contributed by atoms with van der Waals surface area (Å²) in [4.78, 5) is 26.7. The Labute approximate surface area is 219 Å². The van der Waals surface area contributed by atoms with Crippen LogP contribution in [0.5, 0.6) is 5.75 Å². The Bertz CT molecular complexity index is 1580. The molecule has 2 fully saturated rings. The molecule has 0 saturated carbocycles. The number of hydrogen-bond acceptors (Lipinski definition) is 9. The highest BCUT2D eigenvalue weighted by molar-refractivity contribution is 5.96. The topological polar surface area (TPSA) is 124 Å². The Morgan fingerprint density at radius 2 is 1.76 bits per heavy atom. The fraction of sp³-hybridized carbons (Fsp3) is 0.370. The van der Waals surface area contributed by atoms with Crippen LogP contribution in [0.1, 0.15) is 12.8 Å². The zero-order valence-corrected chi connectivity index (χ0v) is 21.3. The minimum Gasteiger partial charge on any atom is -0.489 e. The molecule has 38 heavy (non-hydrogen) atoms. The average molecular weight is 511 g/mol. The largest absolute Gasteiger partial charge is 0.489 e. The monoisotopic (exact) mass is 510 g/mol. The summed E-state index contributed by atoms with van der Waals surface area (Å²) in [6, 6.07) is 4.05. The van der Waals surface area contributed by atoms with Gasteiger partial charge in [-0.15, -0.1) is 0 Å². The van der Waals surface area contributed by atoms with Crippen LogP contribution in [0.4, 0.5) is 5.69 Å². The van der Waals surface area contributed by atoms with Crippen LogP contribution in [0, 0.1) is 0 Å². The molecule has 5 aromatic heterocycles. The van der Waals surface area contributed by atoms with Gasteiger partial charge in [0.2, 0.25) is 0 Å². The van der Waals surface area contributed by atoms with Gasteiger partial charge in [-0.25, -0.2) is 4.98 Å². The molecule has 2 aliphatic heterocycles. The standard InChI is InChI=1S/C27H30N10O/c1-36-6-8-37(9-7-36)24-16-30-14-23-26(24)33-27(32-23)25-20-11-21(31-15-22(20)34-35-25)17-10-19(13-29-12-17)38-18-2-4-28-5-3-18/h10-16,18,28H,2-9H2,1H3,(H,32,33)(H,34,35). The fourth-order valence-corrected chi connectivity index (χ4v) is 5.29. The second kappa shape index (κ2) is 9.66. The molecular formula is C27H30N10O. The second-order valence-electron chi connectivity index (χ2n) is 10.1. The number of aromatic amines is 2. The third-order valence-corrected chi connectivity index (χ3v) is 7.49. The number of rotatable bonds is 5. The van der Waals surface area contributed by atoms with Gasteiger partial charge in [-0.05, 0) is 45.1 Å². The maximum atomic E-state index is 6.21. The van der Waals surface area contributed by atoms with Crippen molar-refractivity contribution < 1.29 is 4.74 Å². The van der Waals surface area contributed by atoms with Crippen LogP contribution in [0.15, 0.2) is 43.1 Å². The van der Waals surface area contributed by atoms with Crippen LogP contribution in [0.2, 0.25) is 0 Å². The number of nitrogens with zero attached hydrogens (tertiary/aromatic N) is 7. The predicted molar refractivity (Wildman–Crippen MR) is 146 cm³/mol. The molecule has 11 nitrogen and oxygen atoms in total. The van der Waals surface area contributed by atoms with E-state index in [4.69, 9.17) is 9.72 Å². The number of aromatic nitrogens is 7. The summed E-state index contributed by atoms with van der Waals surface area (Å²) in [5, 5.41) is 12.0. The van der Waals surface area contributed by atoms with Gasteiger partial charge < -0.3 is 24.8 Å². The van der Waals surface area contributed by atoms with E-state index in [0.717, 1.165) is 102 Å². The molecule has 0 aliphatic carbocycles. The third kappa shape index (κ3) is 4.33. The first-order chi connectivity index (χ1) is 18.7. The molecule has 5 aromatic rings. The molecule has 0 amide bonds. The Kier molecular flexibility index (Phi) is 5.86.